The van der Waals surface area contributed by atoms with Crippen molar-refractivity contribution < 1.29 is 36.3 Å². The summed E-state index contributed by atoms with van der Waals surface area (Å²) in [7, 11) is -2.94. The summed E-state index contributed by atoms with van der Waals surface area (Å²) in [4.78, 5) is 31.8. The number of likely N-dealkylation sites (N-methyl/N-ethyl adjacent to an activating group) is 1. The summed E-state index contributed by atoms with van der Waals surface area (Å²) in [6.45, 7) is 0.788. The first-order valence-electron chi connectivity index (χ1n) is 12.3. The first-order chi connectivity index (χ1) is 19.1. The van der Waals surface area contributed by atoms with Crippen molar-refractivity contribution in [3.05, 3.63) is 77.5 Å². The van der Waals surface area contributed by atoms with Gasteiger partial charge < -0.3 is 19.7 Å². The van der Waals surface area contributed by atoms with Crippen LogP contribution in [0.2, 0.25) is 0 Å². The number of rotatable bonds is 7. The van der Waals surface area contributed by atoms with Crippen LogP contribution in [0, 0.1) is 11.6 Å². The van der Waals surface area contributed by atoms with E-state index in [1.165, 1.54) is 18.1 Å². The number of carbonyl (C=O) groups is 2. The van der Waals surface area contributed by atoms with Gasteiger partial charge in [0.2, 0.25) is 5.91 Å². The van der Waals surface area contributed by atoms with E-state index in [0.717, 1.165) is 16.4 Å². The molecule has 40 heavy (non-hydrogen) atoms. The van der Waals surface area contributed by atoms with Gasteiger partial charge >= 0.3 is 16.2 Å². The molecule has 2 aromatic carbocycles. The summed E-state index contributed by atoms with van der Waals surface area (Å²) in [5, 5.41) is 2.35. The molecule has 3 amide bonds. The van der Waals surface area contributed by atoms with Gasteiger partial charge in [0.1, 0.15) is 36.7 Å². The number of pyridine rings is 1. The van der Waals surface area contributed by atoms with Crippen LogP contribution in [0.4, 0.5) is 25.1 Å². The summed E-state index contributed by atoms with van der Waals surface area (Å²) in [5.74, 6) is -1.29. The lowest BCUT2D eigenvalue weighted by molar-refractivity contribution is -0.120. The highest BCUT2D eigenvalue weighted by Crippen LogP contribution is 2.34. The number of hydrogen-bond donors (Lipinski definition) is 2. The van der Waals surface area contributed by atoms with Gasteiger partial charge in [0.05, 0.1) is 0 Å². The molecule has 5 rings (SSSR count). The number of anilines is 2. The summed E-state index contributed by atoms with van der Waals surface area (Å²) in [6, 6.07) is 8.34. The van der Waals surface area contributed by atoms with Crippen molar-refractivity contribution in [3.8, 4) is 11.5 Å². The number of nitrogens with one attached hydrogen (secondary N) is 2. The first-order valence-corrected chi connectivity index (χ1v) is 13.7. The fraction of sp³-hybridized carbons (Fsp3) is 0.269. The van der Waals surface area contributed by atoms with Gasteiger partial charge in [0.25, 0.3) is 0 Å². The van der Waals surface area contributed by atoms with Crippen LogP contribution in [0.3, 0.4) is 0 Å². The Balaban J connectivity index is 1.37. The van der Waals surface area contributed by atoms with Crippen LogP contribution in [-0.2, 0) is 27.8 Å². The fourth-order valence-corrected chi connectivity index (χ4v) is 5.67. The summed E-state index contributed by atoms with van der Waals surface area (Å²) in [5.41, 5.74) is 1.17. The van der Waals surface area contributed by atoms with Gasteiger partial charge in [-0.2, -0.15) is 8.42 Å². The third kappa shape index (κ3) is 5.76. The summed E-state index contributed by atoms with van der Waals surface area (Å²) >= 11 is 0. The molecule has 2 N–H and O–H groups in total. The first kappa shape index (κ1) is 27.1. The number of carbonyl (C=O) groups excluding carboxylic acids is 2. The molecular formula is C26H25F2N5O6S. The van der Waals surface area contributed by atoms with E-state index in [1.807, 2.05) is 4.72 Å². The minimum absolute atomic E-state index is 0.0761. The number of halogens is 2. The Hall–Kier alpha value is -4.46. The molecule has 2 aliphatic heterocycles. The van der Waals surface area contributed by atoms with Crippen LogP contribution < -0.4 is 28.7 Å². The minimum atomic E-state index is -4.38. The normalized spacial score (nSPS) is 14.7. The molecule has 210 valence electrons. The number of nitrogens with zero attached hydrogens (tertiary/aromatic N) is 3. The Bertz CT molecular complexity index is 1550. The summed E-state index contributed by atoms with van der Waals surface area (Å²) in [6.07, 6.45) is 1.52. The second-order valence-corrected chi connectivity index (χ2v) is 10.7. The number of urea groups is 1. The van der Waals surface area contributed by atoms with Gasteiger partial charge in [0, 0.05) is 44.0 Å². The molecule has 0 aliphatic carbocycles. The standard InChI is InChI=1S/C26H25F2N5O6S/c1-32(20-4-5-22-23(15-20)39-10-9-38-22)25(34)21(13-16-11-18(27)14-19(28)12-16)30-26(35)31-40(36,37)33-8-6-17-3-2-7-29-24(17)33/h2-5,7,11-12,14-15,21H,6,8-10,13H2,1H3,(H2,30,31,35). The van der Waals surface area contributed by atoms with Gasteiger partial charge in [-0.3, -0.25) is 4.79 Å². The molecule has 14 heteroatoms. The lowest BCUT2D eigenvalue weighted by atomic mass is 10.0. The number of ether oxygens (including phenoxy) is 2. The second kappa shape index (κ2) is 11.0. The number of benzene rings is 2. The maximum absolute atomic E-state index is 13.9. The predicted molar refractivity (Wildman–Crippen MR) is 141 cm³/mol. The Kier molecular flexibility index (Phi) is 7.43. The number of fused-ring (bicyclic) bond motifs is 2. The monoisotopic (exact) mass is 573 g/mol. The van der Waals surface area contributed by atoms with Crippen LogP contribution >= 0.6 is 0 Å². The SMILES string of the molecule is CN(C(=O)C(Cc1cc(F)cc(F)c1)NC(=O)NS(=O)(=O)N1CCc2cccnc21)c1ccc2c(c1)OCCO2. The van der Waals surface area contributed by atoms with Crippen molar-refractivity contribution in [1.29, 1.82) is 0 Å². The molecule has 1 unspecified atom stereocenters. The molecule has 0 spiro atoms. The number of amides is 3. The van der Waals surface area contributed by atoms with Crippen LogP contribution in [0.5, 0.6) is 11.5 Å². The average molecular weight is 574 g/mol. The van der Waals surface area contributed by atoms with E-state index in [-0.39, 0.29) is 24.3 Å². The molecule has 3 aromatic rings. The van der Waals surface area contributed by atoms with E-state index in [9.17, 15) is 26.8 Å². The van der Waals surface area contributed by atoms with E-state index in [2.05, 4.69) is 10.3 Å². The van der Waals surface area contributed by atoms with Gasteiger partial charge in [-0.05, 0) is 47.9 Å². The highest BCUT2D eigenvalue weighted by atomic mass is 32.2. The molecule has 1 aromatic heterocycles. The zero-order valence-corrected chi connectivity index (χ0v) is 22.1. The zero-order valence-electron chi connectivity index (χ0n) is 21.3. The van der Waals surface area contributed by atoms with Gasteiger partial charge in [-0.15, -0.1) is 0 Å². The van der Waals surface area contributed by atoms with Crippen LogP contribution in [0.25, 0.3) is 0 Å². The van der Waals surface area contributed by atoms with Gasteiger partial charge in [-0.25, -0.2) is 27.6 Å². The van der Waals surface area contributed by atoms with E-state index in [4.69, 9.17) is 9.47 Å². The molecular weight excluding hydrogens is 548 g/mol. The minimum Gasteiger partial charge on any atom is -0.486 e. The van der Waals surface area contributed by atoms with Crippen molar-refractivity contribution in [1.82, 2.24) is 15.0 Å². The van der Waals surface area contributed by atoms with Gasteiger partial charge in [-0.1, -0.05) is 6.07 Å². The average Bonchev–Trinajstić information content (AvgIpc) is 3.36. The van der Waals surface area contributed by atoms with Crippen molar-refractivity contribution in [3.63, 3.8) is 0 Å². The molecule has 2 aliphatic rings. The molecule has 11 nitrogen and oxygen atoms in total. The third-order valence-electron chi connectivity index (χ3n) is 6.41. The maximum atomic E-state index is 13.9. The maximum Gasteiger partial charge on any atom is 0.330 e. The predicted octanol–water partition coefficient (Wildman–Crippen LogP) is 2.31. The molecule has 0 bridgehead atoms. The van der Waals surface area contributed by atoms with Crippen LogP contribution in [0.1, 0.15) is 11.1 Å². The molecule has 3 heterocycles. The quantitative estimate of drug-likeness (QED) is 0.444. The molecule has 0 saturated carbocycles. The van der Waals surface area contributed by atoms with E-state index in [0.29, 0.717) is 48.5 Å². The van der Waals surface area contributed by atoms with Crippen LogP contribution in [0.15, 0.2) is 54.7 Å². The second-order valence-electron chi connectivity index (χ2n) is 9.15. The van der Waals surface area contributed by atoms with Crippen molar-refractivity contribution in [2.24, 2.45) is 0 Å². The van der Waals surface area contributed by atoms with E-state index < -0.39 is 39.8 Å². The topological polar surface area (TPSA) is 130 Å². The zero-order chi connectivity index (χ0) is 28.4. The molecule has 0 radical (unpaired) electrons. The largest absolute Gasteiger partial charge is 0.486 e. The van der Waals surface area contributed by atoms with E-state index >= 15 is 0 Å². The smallest absolute Gasteiger partial charge is 0.330 e. The van der Waals surface area contributed by atoms with Crippen molar-refractivity contribution in [2.45, 2.75) is 18.9 Å². The Morgan fingerprint density at radius 1 is 1.07 bits per heavy atom. The van der Waals surface area contributed by atoms with E-state index in [1.54, 1.807) is 30.3 Å². The molecule has 0 saturated heterocycles. The number of aromatic nitrogens is 1. The molecule has 1 atom stereocenters. The van der Waals surface area contributed by atoms with Crippen molar-refractivity contribution >= 4 is 33.7 Å². The Labute approximate surface area is 228 Å². The van der Waals surface area contributed by atoms with Crippen molar-refractivity contribution in [2.75, 3.05) is 36.0 Å². The third-order valence-corrected chi connectivity index (χ3v) is 7.79. The van der Waals surface area contributed by atoms with Crippen LogP contribution in [-0.4, -0.2) is 58.2 Å². The lowest BCUT2D eigenvalue weighted by Crippen LogP contribution is -2.54. The molecule has 0 fully saturated rings. The number of hydrogen-bond acceptors (Lipinski definition) is 7. The summed E-state index contributed by atoms with van der Waals surface area (Å²) < 4.78 is 67.7. The lowest BCUT2D eigenvalue weighted by Gasteiger charge is -2.27. The fourth-order valence-electron chi connectivity index (χ4n) is 4.54. The highest BCUT2D eigenvalue weighted by molar-refractivity contribution is 7.91. The highest BCUT2D eigenvalue weighted by Gasteiger charge is 2.33. The Morgan fingerprint density at radius 3 is 2.55 bits per heavy atom. The van der Waals surface area contributed by atoms with Gasteiger partial charge in [0.15, 0.2) is 11.5 Å². The Morgan fingerprint density at radius 2 is 1.80 bits per heavy atom.